The first-order valence-corrected chi connectivity index (χ1v) is 6.29. The Bertz CT molecular complexity index is 359. The van der Waals surface area contributed by atoms with Gasteiger partial charge in [-0.05, 0) is 18.9 Å². The van der Waals surface area contributed by atoms with Gasteiger partial charge in [0.1, 0.15) is 0 Å². The lowest BCUT2D eigenvalue weighted by molar-refractivity contribution is -0.0115. The predicted octanol–water partition coefficient (Wildman–Crippen LogP) is 0.655. The molecule has 3 rings (SSSR count). The molecule has 5 nitrogen and oxygen atoms in total. The van der Waals surface area contributed by atoms with Gasteiger partial charge in [0, 0.05) is 37.4 Å². The summed E-state index contributed by atoms with van der Waals surface area (Å²) in [6, 6.07) is 2.37. The Hall–Kier alpha value is -1.20. The predicted molar refractivity (Wildman–Crippen MR) is 64.8 cm³/mol. The van der Waals surface area contributed by atoms with Crippen LogP contribution in [0.15, 0.2) is 18.5 Å². The van der Waals surface area contributed by atoms with E-state index in [4.69, 9.17) is 4.74 Å². The summed E-state index contributed by atoms with van der Waals surface area (Å²) in [5, 5.41) is 6.81. The third kappa shape index (κ3) is 2.40. The largest absolute Gasteiger partial charge is 0.375 e. The molecule has 1 aliphatic carbocycles. The Morgan fingerprint density at radius 1 is 1.35 bits per heavy atom. The third-order valence-corrected chi connectivity index (χ3v) is 3.62. The second kappa shape index (κ2) is 4.98. The van der Waals surface area contributed by atoms with Crippen LogP contribution >= 0.6 is 0 Å². The van der Waals surface area contributed by atoms with E-state index in [1.54, 1.807) is 12.4 Å². The molecule has 5 heteroatoms. The molecule has 0 aromatic carbocycles. The van der Waals surface area contributed by atoms with Gasteiger partial charge in [-0.3, -0.25) is 0 Å². The van der Waals surface area contributed by atoms with Gasteiger partial charge in [0.05, 0.1) is 12.7 Å². The Labute approximate surface area is 101 Å². The molecule has 0 amide bonds. The summed E-state index contributed by atoms with van der Waals surface area (Å²) < 4.78 is 5.86. The molecule has 0 unspecified atom stereocenters. The first-order chi connectivity index (χ1) is 8.43. The fraction of sp³-hybridized carbons (Fsp3) is 0.667. The standard InChI is InChI=1S/C12H18N4O/c1-4-14-12(15-5-1)16-8-9-2-3-10-11(9)17-7-6-13-10/h1,4-5,9-11,13H,2-3,6-8H2,(H,14,15,16)/t9-,10-,11+/m0/s1. The van der Waals surface area contributed by atoms with Crippen LogP contribution in [0.3, 0.4) is 0 Å². The summed E-state index contributed by atoms with van der Waals surface area (Å²) in [7, 11) is 0. The molecular formula is C12H18N4O. The van der Waals surface area contributed by atoms with Gasteiger partial charge in [-0.15, -0.1) is 0 Å². The molecule has 0 radical (unpaired) electrons. The van der Waals surface area contributed by atoms with Crippen LogP contribution in [0.4, 0.5) is 5.95 Å². The molecule has 2 heterocycles. The van der Waals surface area contributed by atoms with Gasteiger partial charge >= 0.3 is 0 Å². The summed E-state index contributed by atoms with van der Waals surface area (Å²) in [6.45, 7) is 2.72. The van der Waals surface area contributed by atoms with Crippen molar-refractivity contribution in [2.45, 2.75) is 25.0 Å². The third-order valence-electron chi connectivity index (χ3n) is 3.62. The first-order valence-electron chi connectivity index (χ1n) is 6.29. The van der Waals surface area contributed by atoms with E-state index >= 15 is 0 Å². The molecule has 1 saturated heterocycles. The van der Waals surface area contributed by atoms with Crippen LogP contribution in [-0.4, -0.2) is 41.8 Å². The Balaban J connectivity index is 1.55. The molecule has 2 aliphatic rings. The lowest BCUT2D eigenvalue weighted by atomic mass is 10.0. The molecule has 1 aliphatic heterocycles. The van der Waals surface area contributed by atoms with E-state index < -0.39 is 0 Å². The monoisotopic (exact) mass is 234 g/mol. The first kappa shape index (κ1) is 10.9. The molecule has 0 bridgehead atoms. The highest BCUT2D eigenvalue weighted by Gasteiger charge is 2.38. The Morgan fingerprint density at radius 2 is 2.24 bits per heavy atom. The van der Waals surface area contributed by atoms with Gasteiger partial charge in [-0.2, -0.15) is 0 Å². The molecule has 3 atom stereocenters. The highest BCUT2D eigenvalue weighted by atomic mass is 16.5. The van der Waals surface area contributed by atoms with Crippen LogP contribution in [0.2, 0.25) is 0 Å². The van der Waals surface area contributed by atoms with Crippen LogP contribution in [0.25, 0.3) is 0 Å². The lowest BCUT2D eigenvalue weighted by Gasteiger charge is -2.30. The number of fused-ring (bicyclic) bond motifs is 1. The van der Waals surface area contributed by atoms with Gasteiger partial charge in [-0.25, -0.2) is 9.97 Å². The van der Waals surface area contributed by atoms with Crippen molar-refractivity contribution in [3.63, 3.8) is 0 Å². The maximum atomic E-state index is 5.86. The Morgan fingerprint density at radius 3 is 3.12 bits per heavy atom. The molecule has 0 spiro atoms. The summed E-state index contributed by atoms with van der Waals surface area (Å²) in [5.41, 5.74) is 0. The molecular weight excluding hydrogens is 216 g/mol. The molecule has 17 heavy (non-hydrogen) atoms. The number of morpholine rings is 1. The zero-order valence-electron chi connectivity index (χ0n) is 9.80. The average Bonchev–Trinajstić information content (AvgIpc) is 2.81. The van der Waals surface area contributed by atoms with Crippen molar-refractivity contribution in [3.8, 4) is 0 Å². The minimum Gasteiger partial charge on any atom is -0.375 e. The van der Waals surface area contributed by atoms with Gasteiger partial charge in [-0.1, -0.05) is 0 Å². The SMILES string of the molecule is c1cnc(NC[C@@H]2CC[C@@H]3NCCO[C@H]23)nc1. The second-order valence-electron chi connectivity index (χ2n) is 4.69. The summed E-state index contributed by atoms with van der Waals surface area (Å²) >= 11 is 0. The smallest absolute Gasteiger partial charge is 0.222 e. The number of rotatable bonds is 3. The van der Waals surface area contributed by atoms with Crippen molar-refractivity contribution < 1.29 is 4.74 Å². The molecule has 1 aromatic rings. The van der Waals surface area contributed by atoms with E-state index in [1.807, 2.05) is 6.07 Å². The normalized spacial score (nSPS) is 32.1. The summed E-state index contributed by atoms with van der Waals surface area (Å²) in [4.78, 5) is 8.33. The molecule has 2 N–H and O–H groups in total. The van der Waals surface area contributed by atoms with Crippen molar-refractivity contribution in [1.29, 1.82) is 0 Å². The van der Waals surface area contributed by atoms with Gasteiger partial charge < -0.3 is 15.4 Å². The second-order valence-corrected chi connectivity index (χ2v) is 4.69. The summed E-state index contributed by atoms with van der Waals surface area (Å²) in [5.74, 6) is 1.27. The van der Waals surface area contributed by atoms with E-state index in [0.717, 1.165) is 19.7 Å². The minimum absolute atomic E-state index is 0.361. The van der Waals surface area contributed by atoms with E-state index in [9.17, 15) is 0 Å². The van der Waals surface area contributed by atoms with Crippen molar-refractivity contribution >= 4 is 5.95 Å². The Kier molecular flexibility index (Phi) is 3.20. The van der Waals surface area contributed by atoms with Crippen molar-refractivity contribution in [1.82, 2.24) is 15.3 Å². The number of ether oxygens (including phenoxy) is 1. The average molecular weight is 234 g/mol. The molecule has 92 valence electrons. The number of hydrogen-bond donors (Lipinski definition) is 2. The van der Waals surface area contributed by atoms with Gasteiger partial charge in [0.25, 0.3) is 0 Å². The van der Waals surface area contributed by atoms with Crippen LogP contribution in [-0.2, 0) is 4.74 Å². The quantitative estimate of drug-likeness (QED) is 0.804. The van der Waals surface area contributed by atoms with Gasteiger partial charge in [0.15, 0.2) is 0 Å². The van der Waals surface area contributed by atoms with E-state index in [2.05, 4.69) is 20.6 Å². The van der Waals surface area contributed by atoms with E-state index in [-0.39, 0.29) is 0 Å². The number of nitrogens with one attached hydrogen (secondary N) is 2. The number of anilines is 1. The van der Waals surface area contributed by atoms with Crippen LogP contribution in [0.1, 0.15) is 12.8 Å². The van der Waals surface area contributed by atoms with E-state index in [1.165, 1.54) is 12.8 Å². The number of aromatic nitrogens is 2. The van der Waals surface area contributed by atoms with Crippen LogP contribution < -0.4 is 10.6 Å². The maximum Gasteiger partial charge on any atom is 0.222 e. The van der Waals surface area contributed by atoms with Crippen molar-refractivity contribution in [2.75, 3.05) is 25.0 Å². The minimum atomic E-state index is 0.361. The number of nitrogens with zero attached hydrogens (tertiary/aromatic N) is 2. The van der Waals surface area contributed by atoms with Crippen LogP contribution in [0.5, 0.6) is 0 Å². The number of hydrogen-bond acceptors (Lipinski definition) is 5. The zero-order valence-corrected chi connectivity index (χ0v) is 9.80. The van der Waals surface area contributed by atoms with Gasteiger partial charge in [0.2, 0.25) is 5.95 Å². The maximum absolute atomic E-state index is 5.86. The van der Waals surface area contributed by atoms with Crippen molar-refractivity contribution in [3.05, 3.63) is 18.5 Å². The molecule has 1 saturated carbocycles. The summed E-state index contributed by atoms with van der Waals surface area (Å²) in [6.07, 6.45) is 6.30. The fourth-order valence-electron chi connectivity index (χ4n) is 2.79. The van der Waals surface area contributed by atoms with Crippen LogP contribution in [0, 0.1) is 5.92 Å². The lowest BCUT2D eigenvalue weighted by Crippen LogP contribution is -2.48. The van der Waals surface area contributed by atoms with E-state index in [0.29, 0.717) is 24.0 Å². The zero-order chi connectivity index (χ0) is 11.5. The molecule has 2 fully saturated rings. The topological polar surface area (TPSA) is 59.1 Å². The fourth-order valence-corrected chi connectivity index (χ4v) is 2.79. The molecule has 1 aromatic heterocycles. The highest BCUT2D eigenvalue weighted by molar-refractivity contribution is 5.22. The van der Waals surface area contributed by atoms with Crippen molar-refractivity contribution in [2.24, 2.45) is 5.92 Å². The highest BCUT2D eigenvalue weighted by Crippen LogP contribution is 2.30.